The highest BCUT2D eigenvalue weighted by Crippen LogP contribution is 2.37. The van der Waals surface area contributed by atoms with Gasteiger partial charge in [-0.1, -0.05) is 79.7 Å². The van der Waals surface area contributed by atoms with E-state index in [4.69, 9.17) is 0 Å². The van der Waals surface area contributed by atoms with Gasteiger partial charge in [0.1, 0.15) is 5.82 Å². The van der Waals surface area contributed by atoms with Crippen LogP contribution in [0.4, 0.5) is 4.39 Å². The fraction of sp³-hybridized carbons (Fsp3) is 0.310. The van der Waals surface area contributed by atoms with Gasteiger partial charge in [0.25, 0.3) is 0 Å². The van der Waals surface area contributed by atoms with Crippen molar-refractivity contribution in [2.24, 2.45) is 5.92 Å². The van der Waals surface area contributed by atoms with Gasteiger partial charge in [0.15, 0.2) is 0 Å². The number of rotatable bonds is 5. The molecule has 0 aromatic heterocycles. The Morgan fingerprint density at radius 3 is 2.03 bits per heavy atom. The first-order valence-electron chi connectivity index (χ1n) is 11.3. The standard InChI is InChI=1S/C29H31F/c1-3-5-22-8-10-23(11-9-22)24-14-16-25(17-15-24)27-18-19-28(29(30)20-27)26-12-6-21(4-2)7-13-26/h3,5-7,12-20,22-23H,4,8-11H2,1-2H3/b5-3+. The summed E-state index contributed by atoms with van der Waals surface area (Å²) in [5, 5.41) is 0. The molecular weight excluding hydrogens is 367 g/mol. The summed E-state index contributed by atoms with van der Waals surface area (Å²) in [5.74, 6) is 1.25. The highest BCUT2D eigenvalue weighted by atomic mass is 19.1. The lowest BCUT2D eigenvalue weighted by Crippen LogP contribution is -2.11. The number of hydrogen-bond acceptors (Lipinski definition) is 0. The second kappa shape index (κ2) is 9.43. The zero-order valence-electron chi connectivity index (χ0n) is 18.1. The minimum absolute atomic E-state index is 0.164. The highest BCUT2D eigenvalue weighted by molar-refractivity contribution is 5.71. The van der Waals surface area contributed by atoms with Gasteiger partial charge in [0.05, 0.1) is 0 Å². The van der Waals surface area contributed by atoms with Gasteiger partial charge in [-0.15, -0.1) is 0 Å². The molecule has 1 saturated carbocycles. The van der Waals surface area contributed by atoms with Gasteiger partial charge in [-0.3, -0.25) is 0 Å². The fourth-order valence-corrected chi connectivity index (χ4v) is 4.71. The number of benzene rings is 3. The van der Waals surface area contributed by atoms with Crippen LogP contribution in [0.3, 0.4) is 0 Å². The molecule has 0 nitrogen and oxygen atoms in total. The van der Waals surface area contributed by atoms with Gasteiger partial charge < -0.3 is 0 Å². The van der Waals surface area contributed by atoms with Crippen LogP contribution in [0, 0.1) is 11.7 Å². The van der Waals surface area contributed by atoms with Gasteiger partial charge >= 0.3 is 0 Å². The van der Waals surface area contributed by atoms with Crippen LogP contribution in [0.5, 0.6) is 0 Å². The minimum Gasteiger partial charge on any atom is -0.206 e. The molecule has 0 N–H and O–H groups in total. The van der Waals surface area contributed by atoms with Crippen LogP contribution in [-0.2, 0) is 6.42 Å². The average Bonchev–Trinajstić information content (AvgIpc) is 2.80. The second-order valence-electron chi connectivity index (χ2n) is 8.50. The Morgan fingerprint density at radius 2 is 1.43 bits per heavy atom. The van der Waals surface area contributed by atoms with Gasteiger partial charge in [-0.05, 0) is 84.7 Å². The maximum atomic E-state index is 14.9. The summed E-state index contributed by atoms with van der Waals surface area (Å²) in [6.45, 7) is 4.24. The normalized spacial score (nSPS) is 19.3. The van der Waals surface area contributed by atoms with E-state index in [1.165, 1.54) is 36.8 Å². The first kappa shape index (κ1) is 20.6. The second-order valence-corrected chi connectivity index (χ2v) is 8.50. The number of allylic oxidation sites excluding steroid dienone is 2. The predicted octanol–water partition coefficient (Wildman–Crippen LogP) is 8.57. The highest BCUT2D eigenvalue weighted by Gasteiger charge is 2.20. The summed E-state index contributed by atoms with van der Waals surface area (Å²) in [7, 11) is 0. The molecule has 3 aromatic carbocycles. The molecule has 0 unspecified atom stereocenters. The van der Waals surface area contributed by atoms with Crippen molar-refractivity contribution in [3.8, 4) is 22.3 Å². The molecule has 1 heteroatoms. The Labute approximate surface area is 180 Å². The molecule has 154 valence electrons. The minimum atomic E-state index is -0.164. The molecule has 1 fully saturated rings. The molecule has 0 bridgehead atoms. The van der Waals surface area contributed by atoms with Crippen molar-refractivity contribution in [1.82, 2.24) is 0 Å². The van der Waals surface area contributed by atoms with Crippen molar-refractivity contribution < 1.29 is 4.39 Å². The topological polar surface area (TPSA) is 0 Å². The Bertz CT molecular complexity index is 988. The molecule has 3 aromatic rings. The molecule has 0 saturated heterocycles. The lowest BCUT2D eigenvalue weighted by Gasteiger charge is -2.27. The van der Waals surface area contributed by atoms with Crippen molar-refractivity contribution >= 4 is 0 Å². The van der Waals surface area contributed by atoms with E-state index in [0.717, 1.165) is 29.0 Å². The Balaban J connectivity index is 1.48. The van der Waals surface area contributed by atoms with E-state index in [1.807, 2.05) is 24.3 Å². The average molecular weight is 399 g/mol. The lowest BCUT2D eigenvalue weighted by molar-refractivity contribution is 0.376. The van der Waals surface area contributed by atoms with Gasteiger partial charge in [-0.25, -0.2) is 4.39 Å². The van der Waals surface area contributed by atoms with Crippen molar-refractivity contribution in [2.75, 3.05) is 0 Å². The van der Waals surface area contributed by atoms with E-state index in [0.29, 0.717) is 11.5 Å². The molecule has 0 aliphatic heterocycles. The lowest BCUT2D eigenvalue weighted by atomic mass is 9.78. The molecule has 0 spiro atoms. The third-order valence-electron chi connectivity index (χ3n) is 6.59. The quantitative estimate of drug-likeness (QED) is 0.378. The van der Waals surface area contributed by atoms with Crippen LogP contribution >= 0.6 is 0 Å². The van der Waals surface area contributed by atoms with Gasteiger partial charge in [0.2, 0.25) is 0 Å². The zero-order chi connectivity index (χ0) is 20.9. The maximum absolute atomic E-state index is 14.9. The molecule has 30 heavy (non-hydrogen) atoms. The number of hydrogen-bond donors (Lipinski definition) is 0. The van der Waals surface area contributed by atoms with Crippen LogP contribution in [-0.4, -0.2) is 0 Å². The van der Waals surface area contributed by atoms with Crippen molar-refractivity contribution in [2.45, 2.75) is 51.9 Å². The van der Waals surface area contributed by atoms with E-state index in [-0.39, 0.29) is 5.82 Å². The molecule has 1 aliphatic rings. The Hall–Kier alpha value is -2.67. The Morgan fingerprint density at radius 1 is 0.800 bits per heavy atom. The SMILES string of the molecule is C/C=C/C1CCC(c2ccc(-c3ccc(-c4ccc(CC)cc4)c(F)c3)cc2)CC1. The Kier molecular flexibility index (Phi) is 6.47. The molecule has 0 radical (unpaired) electrons. The molecule has 1 aliphatic carbocycles. The van der Waals surface area contributed by atoms with Gasteiger partial charge in [0, 0.05) is 5.56 Å². The third-order valence-corrected chi connectivity index (χ3v) is 6.59. The smallest absolute Gasteiger partial charge is 0.131 e. The van der Waals surface area contributed by atoms with Crippen LogP contribution in [0.2, 0.25) is 0 Å². The first-order valence-corrected chi connectivity index (χ1v) is 11.3. The molecule has 0 heterocycles. The van der Waals surface area contributed by atoms with Crippen LogP contribution in [0.1, 0.15) is 56.6 Å². The van der Waals surface area contributed by atoms with E-state index < -0.39 is 0 Å². The van der Waals surface area contributed by atoms with E-state index in [2.05, 4.69) is 62.4 Å². The maximum Gasteiger partial charge on any atom is 0.131 e. The van der Waals surface area contributed by atoms with Crippen molar-refractivity contribution in [3.05, 3.63) is 95.8 Å². The predicted molar refractivity (Wildman–Crippen MR) is 126 cm³/mol. The summed E-state index contributed by atoms with van der Waals surface area (Å²) in [5.41, 5.74) is 6.30. The van der Waals surface area contributed by atoms with Crippen LogP contribution < -0.4 is 0 Å². The summed E-state index contributed by atoms with van der Waals surface area (Å²) >= 11 is 0. The molecule has 0 amide bonds. The van der Waals surface area contributed by atoms with Crippen molar-refractivity contribution in [1.29, 1.82) is 0 Å². The summed E-state index contributed by atoms with van der Waals surface area (Å²) in [4.78, 5) is 0. The monoisotopic (exact) mass is 398 g/mol. The van der Waals surface area contributed by atoms with Crippen LogP contribution in [0.15, 0.2) is 78.9 Å². The summed E-state index contributed by atoms with van der Waals surface area (Å²) < 4.78 is 14.9. The summed E-state index contributed by atoms with van der Waals surface area (Å²) in [6, 6.07) is 22.6. The summed E-state index contributed by atoms with van der Waals surface area (Å²) in [6.07, 6.45) is 10.6. The van der Waals surface area contributed by atoms with Crippen molar-refractivity contribution in [3.63, 3.8) is 0 Å². The van der Waals surface area contributed by atoms with E-state index in [9.17, 15) is 4.39 Å². The number of halogens is 1. The first-order chi connectivity index (χ1) is 14.7. The largest absolute Gasteiger partial charge is 0.206 e. The van der Waals surface area contributed by atoms with E-state index in [1.54, 1.807) is 6.07 Å². The number of aryl methyl sites for hydroxylation is 1. The molecular formula is C29H31F. The third kappa shape index (κ3) is 4.56. The van der Waals surface area contributed by atoms with Crippen LogP contribution in [0.25, 0.3) is 22.3 Å². The fourth-order valence-electron chi connectivity index (χ4n) is 4.71. The van der Waals surface area contributed by atoms with E-state index >= 15 is 0 Å². The molecule has 0 atom stereocenters. The van der Waals surface area contributed by atoms with Gasteiger partial charge in [-0.2, -0.15) is 0 Å². The molecule has 4 rings (SSSR count). The zero-order valence-corrected chi connectivity index (χ0v) is 18.1.